The van der Waals surface area contributed by atoms with E-state index in [1.165, 1.54) is 19.2 Å². The lowest BCUT2D eigenvalue weighted by Gasteiger charge is -2.38. The summed E-state index contributed by atoms with van der Waals surface area (Å²) in [6.07, 6.45) is 0. The molecule has 24 heavy (non-hydrogen) atoms. The Bertz CT molecular complexity index is 841. The molecule has 2 aromatic rings. The van der Waals surface area contributed by atoms with Gasteiger partial charge in [0.1, 0.15) is 11.0 Å². The molecule has 1 aliphatic heterocycles. The summed E-state index contributed by atoms with van der Waals surface area (Å²) in [6, 6.07) is 13.6. The first-order valence-electron chi connectivity index (χ1n) is 7.34. The summed E-state index contributed by atoms with van der Waals surface area (Å²) in [5.74, 6) is 0.477. The number of sulfone groups is 1. The molecule has 2 aromatic carbocycles. The zero-order chi connectivity index (χ0) is 17.3. The lowest BCUT2D eigenvalue weighted by Crippen LogP contribution is -2.56. The van der Waals surface area contributed by atoms with Crippen LogP contribution < -0.4 is 4.74 Å². The molecule has 1 heterocycles. The molecule has 1 saturated heterocycles. The second-order valence-corrected chi connectivity index (χ2v) is 9.03. The van der Waals surface area contributed by atoms with Crippen molar-refractivity contribution >= 4 is 38.3 Å². The van der Waals surface area contributed by atoms with Gasteiger partial charge in [-0.1, -0.05) is 0 Å². The third-order valence-electron chi connectivity index (χ3n) is 4.05. The number of nitrogens with zero attached hydrogens (tertiary/aromatic N) is 1. The summed E-state index contributed by atoms with van der Waals surface area (Å²) in [6.45, 7) is 0.443. The molecule has 0 spiro atoms. The van der Waals surface area contributed by atoms with Crippen LogP contribution in [-0.4, -0.2) is 44.7 Å². The largest absolute Gasteiger partial charge is 0.497 e. The first kappa shape index (κ1) is 17.2. The number of hydrogen-bond acceptors (Lipinski definition) is 4. The summed E-state index contributed by atoms with van der Waals surface area (Å²) >= 11 is 2.17. The molecule has 3 rings (SSSR count). The molecule has 0 aromatic heterocycles. The van der Waals surface area contributed by atoms with Gasteiger partial charge in [-0.25, -0.2) is 8.42 Å². The molecule has 0 radical (unpaired) electrons. The van der Waals surface area contributed by atoms with E-state index >= 15 is 0 Å². The summed E-state index contributed by atoms with van der Waals surface area (Å²) < 4.78 is 31.3. The number of ether oxygens (including phenoxy) is 1. The smallest absolute Gasteiger partial charge is 0.253 e. The zero-order valence-electron chi connectivity index (χ0n) is 13.0. The number of carbonyl (C=O) groups excluding carboxylic acids is 1. The van der Waals surface area contributed by atoms with E-state index in [1.807, 2.05) is 12.1 Å². The van der Waals surface area contributed by atoms with Gasteiger partial charge in [-0.3, -0.25) is 4.79 Å². The van der Waals surface area contributed by atoms with Crippen molar-refractivity contribution in [3.8, 4) is 5.75 Å². The number of rotatable bonds is 4. The van der Waals surface area contributed by atoms with E-state index in [0.29, 0.717) is 11.3 Å². The third kappa shape index (κ3) is 3.27. The monoisotopic (exact) mass is 457 g/mol. The van der Waals surface area contributed by atoms with Crippen molar-refractivity contribution < 1.29 is 17.9 Å². The number of amides is 1. The molecular formula is C17H16INO4S. The van der Waals surface area contributed by atoms with Gasteiger partial charge in [0.05, 0.1) is 12.0 Å². The molecule has 0 N–H and O–H groups in total. The Morgan fingerprint density at radius 3 is 2.21 bits per heavy atom. The SMILES string of the molecule is COc1ccc(S(=O)(=O)C2CN(C(=O)c3ccc(I)cc3)C2)cc1. The minimum absolute atomic E-state index is 0.132. The molecule has 7 heteroatoms. The van der Waals surface area contributed by atoms with Crippen molar-refractivity contribution in [2.24, 2.45) is 0 Å². The predicted molar refractivity (Wildman–Crippen MR) is 99.0 cm³/mol. The van der Waals surface area contributed by atoms with Crippen molar-refractivity contribution in [1.82, 2.24) is 4.90 Å². The predicted octanol–water partition coefficient (Wildman–Crippen LogP) is 2.60. The number of carbonyl (C=O) groups is 1. The molecule has 1 aliphatic rings. The fraction of sp³-hybridized carbons (Fsp3) is 0.235. The first-order chi connectivity index (χ1) is 11.4. The Kier molecular flexibility index (Phi) is 4.82. The number of benzene rings is 2. The molecule has 126 valence electrons. The number of hydrogen-bond donors (Lipinski definition) is 0. The van der Waals surface area contributed by atoms with Crippen LogP contribution >= 0.6 is 22.6 Å². The topological polar surface area (TPSA) is 63.7 Å². The summed E-state index contributed by atoms with van der Waals surface area (Å²) in [7, 11) is -1.90. The lowest BCUT2D eigenvalue weighted by molar-refractivity contribution is 0.0659. The van der Waals surface area contributed by atoms with E-state index in [9.17, 15) is 13.2 Å². The normalized spacial score (nSPS) is 15.0. The van der Waals surface area contributed by atoms with Gasteiger partial charge in [-0.2, -0.15) is 0 Å². The average Bonchev–Trinajstić information content (AvgIpc) is 2.54. The van der Waals surface area contributed by atoms with Gasteiger partial charge in [0, 0.05) is 22.2 Å². The fourth-order valence-corrected chi connectivity index (χ4v) is 4.55. The van der Waals surface area contributed by atoms with Gasteiger partial charge in [0.25, 0.3) is 5.91 Å². The molecule has 1 fully saturated rings. The summed E-state index contributed by atoms with van der Waals surface area (Å²) in [5, 5.41) is -0.557. The minimum atomic E-state index is -3.43. The molecule has 0 aliphatic carbocycles. The van der Waals surface area contributed by atoms with Crippen LogP contribution in [0.15, 0.2) is 53.4 Å². The van der Waals surface area contributed by atoms with Crippen LogP contribution in [0.5, 0.6) is 5.75 Å². The van der Waals surface area contributed by atoms with Crippen LogP contribution in [0, 0.1) is 3.57 Å². The maximum Gasteiger partial charge on any atom is 0.253 e. The summed E-state index contributed by atoms with van der Waals surface area (Å²) in [4.78, 5) is 14.2. The third-order valence-corrected chi connectivity index (χ3v) is 6.88. The maximum absolute atomic E-state index is 12.6. The minimum Gasteiger partial charge on any atom is -0.497 e. The second-order valence-electron chi connectivity index (χ2n) is 5.56. The van der Waals surface area contributed by atoms with Crippen molar-refractivity contribution in [3.63, 3.8) is 0 Å². The van der Waals surface area contributed by atoms with Gasteiger partial charge in [-0.15, -0.1) is 0 Å². The molecule has 5 nitrogen and oxygen atoms in total. The van der Waals surface area contributed by atoms with Crippen LogP contribution in [0.2, 0.25) is 0 Å². The number of likely N-dealkylation sites (tertiary alicyclic amines) is 1. The molecule has 0 bridgehead atoms. The Hall–Kier alpha value is -1.61. The van der Waals surface area contributed by atoms with Gasteiger partial charge in [0.15, 0.2) is 9.84 Å². The van der Waals surface area contributed by atoms with Gasteiger partial charge in [-0.05, 0) is 71.1 Å². The van der Waals surface area contributed by atoms with Gasteiger partial charge >= 0.3 is 0 Å². The highest BCUT2D eigenvalue weighted by molar-refractivity contribution is 14.1. The lowest BCUT2D eigenvalue weighted by atomic mass is 10.1. The van der Waals surface area contributed by atoms with Crippen molar-refractivity contribution in [1.29, 1.82) is 0 Å². The van der Waals surface area contributed by atoms with Gasteiger partial charge < -0.3 is 9.64 Å². The Labute approximate surface area is 154 Å². The van der Waals surface area contributed by atoms with Crippen LogP contribution in [0.25, 0.3) is 0 Å². The van der Waals surface area contributed by atoms with Crippen molar-refractivity contribution in [2.45, 2.75) is 10.1 Å². The van der Waals surface area contributed by atoms with Crippen molar-refractivity contribution in [2.75, 3.05) is 20.2 Å². The van der Waals surface area contributed by atoms with E-state index in [0.717, 1.165) is 3.57 Å². The number of halogens is 1. The molecule has 1 amide bonds. The van der Waals surface area contributed by atoms with Crippen LogP contribution in [0.3, 0.4) is 0 Å². The Morgan fingerprint density at radius 1 is 1.08 bits per heavy atom. The van der Waals surface area contributed by atoms with Crippen LogP contribution in [-0.2, 0) is 9.84 Å². The molecule has 0 saturated carbocycles. The average molecular weight is 457 g/mol. The van der Waals surface area contributed by atoms with Crippen molar-refractivity contribution in [3.05, 3.63) is 57.7 Å². The van der Waals surface area contributed by atoms with Gasteiger partial charge in [0.2, 0.25) is 0 Å². The maximum atomic E-state index is 12.6. The summed E-state index contributed by atoms with van der Waals surface area (Å²) in [5.41, 5.74) is 0.579. The highest BCUT2D eigenvalue weighted by Crippen LogP contribution is 2.26. The van der Waals surface area contributed by atoms with E-state index in [2.05, 4.69) is 22.6 Å². The molecular weight excluding hydrogens is 441 g/mol. The highest BCUT2D eigenvalue weighted by Gasteiger charge is 2.40. The quantitative estimate of drug-likeness (QED) is 0.663. The highest BCUT2D eigenvalue weighted by atomic mass is 127. The second kappa shape index (κ2) is 6.72. The van der Waals surface area contributed by atoms with E-state index < -0.39 is 15.1 Å². The van der Waals surface area contributed by atoms with Crippen LogP contribution in [0.4, 0.5) is 0 Å². The fourth-order valence-electron chi connectivity index (χ4n) is 2.53. The zero-order valence-corrected chi connectivity index (χ0v) is 16.0. The van der Waals surface area contributed by atoms with E-state index in [4.69, 9.17) is 4.74 Å². The standard InChI is InChI=1S/C17H16INO4S/c1-23-14-6-8-15(9-7-14)24(21,22)16-10-19(11-16)17(20)12-2-4-13(18)5-3-12/h2-9,16H,10-11H2,1H3. The first-order valence-corrected chi connectivity index (χ1v) is 9.97. The number of methoxy groups -OCH3 is 1. The van der Waals surface area contributed by atoms with E-state index in [1.54, 1.807) is 29.2 Å². The van der Waals surface area contributed by atoms with E-state index in [-0.39, 0.29) is 23.9 Å². The Balaban J connectivity index is 1.68. The molecule has 0 unspecified atom stereocenters. The Morgan fingerprint density at radius 2 is 1.67 bits per heavy atom. The van der Waals surface area contributed by atoms with Crippen LogP contribution in [0.1, 0.15) is 10.4 Å². The molecule has 0 atom stereocenters.